The van der Waals surface area contributed by atoms with E-state index in [4.69, 9.17) is 4.74 Å². The van der Waals surface area contributed by atoms with Gasteiger partial charge in [0.15, 0.2) is 0 Å². The van der Waals surface area contributed by atoms with Crippen LogP contribution in [-0.2, 0) is 13.0 Å². The number of benzene rings is 2. The van der Waals surface area contributed by atoms with Crippen molar-refractivity contribution in [2.45, 2.75) is 26.4 Å². The molecule has 0 atom stereocenters. The first-order valence-corrected chi connectivity index (χ1v) is 9.77. The number of thiazole rings is 1. The molecule has 138 valence electrons. The van der Waals surface area contributed by atoms with Crippen LogP contribution in [-0.4, -0.2) is 17.4 Å². The van der Waals surface area contributed by atoms with Crippen molar-refractivity contribution < 1.29 is 13.9 Å². The molecule has 1 aromatic heterocycles. The summed E-state index contributed by atoms with van der Waals surface area (Å²) in [5.41, 5.74) is 5.48. The molecule has 6 heteroatoms. The Bertz CT molecular complexity index is 955. The van der Waals surface area contributed by atoms with Gasteiger partial charge in [0.25, 0.3) is 5.91 Å². The molecule has 3 aromatic rings. The van der Waals surface area contributed by atoms with Crippen LogP contribution < -0.4 is 9.64 Å². The Morgan fingerprint density at radius 2 is 2.07 bits per heavy atom. The van der Waals surface area contributed by atoms with Crippen molar-refractivity contribution in [3.63, 3.8) is 0 Å². The highest BCUT2D eigenvalue weighted by atomic mass is 32.1. The highest BCUT2D eigenvalue weighted by Gasteiger charge is 2.27. The van der Waals surface area contributed by atoms with Gasteiger partial charge >= 0.3 is 0 Å². The van der Waals surface area contributed by atoms with E-state index in [2.05, 4.69) is 4.98 Å². The predicted molar refractivity (Wildman–Crippen MR) is 104 cm³/mol. The van der Waals surface area contributed by atoms with E-state index in [1.54, 1.807) is 40.7 Å². The maximum Gasteiger partial charge on any atom is 0.258 e. The zero-order valence-corrected chi connectivity index (χ0v) is 15.8. The quantitative estimate of drug-likeness (QED) is 0.653. The van der Waals surface area contributed by atoms with Gasteiger partial charge in [0, 0.05) is 23.1 Å². The van der Waals surface area contributed by atoms with Crippen molar-refractivity contribution in [1.29, 1.82) is 0 Å². The third kappa shape index (κ3) is 3.57. The molecular formula is C21H19FN2O2S. The predicted octanol–water partition coefficient (Wildman–Crippen LogP) is 4.76. The van der Waals surface area contributed by atoms with Gasteiger partial charge in [-0.05, 0) is 55.7 Å². The number of carbonyl (C=O) groups excluding carboxylic acids is 1. The number of aryl methyl sites for hydroxylation is 1. The Morgan fingerprint density at radius 1 is 1.26 bits per heavy atom. The number of carbonyl (C=O) groups is 1. The van der Waals surface area contributed by atoms with Gasteiger partial charge in [-0.2, -0.15) is 0 Å². The van der Waals surface area contributed by atoms with E-state index >= 15 is 0 Å². The lowest BCUT2D eigenvalue weighted by Crippen LogP contribution is -2.36. The molecule has 4 rings (SSSR count). The Balaban J connectivity index is 1.53. The van der Waals surface area contributed by atoms with Gasteiger partial charge in [0.2, 0.25) is 0 Å². The summed E-state index contributed by atoms with van der Waals surface area (Å²) in [5.74, 6) is 0.329. The number of hydrogen-bond acceptors (Lipinski definition) is 4. The van der Waals surface area contributed by atoms with Crippen LogP contribution in [0.15, 0.2) is 47.3 Å². The molecule has 27 heavy (non-hydrogen) atoms. The van der Waals surface area contributed by atoms with Crippen molar-refractivity contribution in [3.8, 4) is 5.75 Å². The van der Waals surface area contributed by atoms with Crippen molar-refractivity contribution >= 4 is 22.9 Å². The molecule has 0 fully saturated rings. The normalized spacial score (nSPS) is 13.3. The molecule has 0 aliphatic carbocycles. The summed E-state index contributed by atoms with van der Waals surface area (Å²) in [6.45, 7) is 2.91. The van der Waals surface area contributed by atoms with Crippen LogP contribution in [0.5, 0.6) is 5.75 Å². The average molecular weight is 382 g/mol. The van der Waals surface area contributed by atoms with E-state index in [-0.39, 0.29) is 11.7 Å². The summed E-state index contributed by atoms with van der Waals surface area (Å²) < 4.78 is 19.9. The fourth-order valence-electron chi connectivity index (χ4n) is 3.39. The Hall–Kier alpha value is -2.73. The fraction of sp³-hybridized carbons (Fsp3) is 0.238. The number of aromatic nitrogens is 1. The van der Waals surface area contributed by atoms with Crippen LogP contribution in [0.2, 0.25) is 0 Å². The van der Waals surface area contributed by atoms with Crippen LogP contribution >= 0.6 is 11.3 Å². The molecule has 0 bridgehead atoms. The summed E-state index contributed by atoms with van der Waals surface area (Å²) in [6.07, 6.45) is 1.42. The Kier molecular flexibility index (Phi) is 4.90. The fourth-order valence-corrected chi connectivity index (χ4v) is 3.93. The number of amides is 1. The third-order valence-electron chi connectivity index (χ3n) is 4.72. The second kappa shape index (κ2) is 7.48. The van der Waals surface area contributed by atoms with Crippen molar-refractivity contribution in [2.75, 3.05) is 11.4 Å². The summed E-state index contributed by atoms with van der Waals surface area (Å²) in [7, 11) is 0. The molecule has 1 aliphatic rings. The molecule has 2 aromatic carbocycles. The molecule has 0 N–H and O–H groups in total. The summed E-state index contributed by atoms with van der Waals surface area (Å²) in [4.78, 5) is 18.9. The molecular weight excluding hydrogens is 363 g/mol. The number of hydrogen-bond donors (Lipinski definition) is 0. The van der Waals surface area contributed by atoms with Gasteiger partial charge in [0.05, 0.1) is 16.9 Å². The Morgan fingerprint density at radius 3 is 2.81 bits per heavy atom. The van der Waals surface area contributed by atoms with E-state index < -0.39 is 0 Å². The van der Waals surface area contributed by atoms with Gasteiger partial charge < -0.3 is 9.64 Å². The molecule has 0 saturated heterocycles. The van der Waals surface area contributed by atoms with E-state index in [1.165, 1.54) is 17.4 Å². The molecule has 0 unspecified atom stereocenters. The van der Waals surface area contributed by atoms with Crippen LogP contribution in [0.4, 0.5) is 10.1 Å². The first-order chi connectivity index (χ1) is 13.1. The van der Waals surface area contributed by atoms with Gasteiger partial charge in [-0.25, -0.2) is 9.37 Å². The lowest BCUT2D eigenvalue weighted by Gasteiger charge is -2.31. The van der Waals surface area contributed by atoms with Crippen molar-refractivity contribution in [1.82, 2.24) is 4.98 Å². The maximum atomic E-state index is 14.2. The highest BCUT2D eigenvalue weighted by molar-refractivity contribution is 7.07. The smallest absolute Gasteiger partial charge is 0.258 e. The SMILES string of the molecule is Cc1ccc(F)c2c1N(C(=O)c1ccc(OCc3cscn3)cc1)CCC2. The minimum absolute atomic E-state index is 0.115. The minimum atomic E-state index is -0.237. The molecule has 4 nitrogen and oxygen atoms in total. The van der Waals surface area contributed by atoms with Crippen molar-refractivity contribution in [3.05, 3.63) is 75.5 Å². The topological polar surface area (TPSA) is 42.4 Å². The summed E-state index contributed by atoms with van der Waals surface area (Å²) >= 11 is 1.53. The lowest BCUT2D eigenvalue weighted by molar-refractivity contribution is 0.0985. The number of rotatable bonds is 4. The largest absolute Gasteiger partial charge is 0.487 e. The zero-order valence-electron chi connectivity index (χ0n) is 14.9. The molecule has 2 heterocycles. The second-order valence-corrected chi connectivity index (χ2v) is 7.26. The van der Waals surface area contributed by atoms with E-state index in [1.807, 2.05) is 12.3 Å². The van der Waals surface area contributed by atoms with E-state index in [0.717, 1.165) is 23.4 Å². The second-order valence-electron chi connectivity index (χ2n) is 6.54. The molecule has 0 radical (unpaired) electrons. The minimum Gasteiger partial charge on any atom is -0.487 e. The van der Waals surface area contributed by atoms with Crippen molar-refractivity contribution in [2.24, 2.45) is 0 Å². The molecule has 1 aliphatic heterocycles. The number of fused-ring (bicyclic) bond motifs is 1. The van der Waals surface area contributed by atoms with Gasteiger partial charge in [0.1, 0.15) is 18.2 Å². The number of nitrogens with zero attached hydrogens (tertiary/aromatic N) is 2. The standard InChI is InChI=1S/C21H19FN2O2S/c1-14-4-9-19(22)18-3-2-10-24(20(14)18)21(25)15-5-7-17(8-6-15)26-11-16-12-27-13-23-16/h4-9,12-13H,2-3,10-11H2,1H3. The van der Waals surface area contributed by atoms with E-state index in [0.29, 0.717) is 36.4 Å². The van der Waals surface area contributed by atoms with Crippen LogP contribution in [0.1, 0.15) is 33.6 Å². The number of halogens is 1. The first-order valence-electron chi connectivity index (χ1n) is 8.83. The summed E-state index contributed by atoms with van der Waals surface area (Å²) in [5, 5.41) is 1.94. The van der Waals surface area contributed by atoms with Crippen LogP contribution in [0, 0.1) is 12.7 Å². The molecule has 1 amide bonds. The lowest BCUT2D eigenvalue weighted by atomic mass is 9.97. The monoisotopic (exact) mass is 382 g/mol. The number of ether oxygens (including phenoxy) is 1. The summed E-state index contributed by atoms with van der Waals surface area (Å²) in [6, 6.07) is 10.3. The van der Waals surface area contributed by atoms with Gasteiger partial charge in [-0.3, -0.25) is 4.79 Å². The number of anilines is 1. The van der Waals surface area contributed by atoms with Gasteiger partial charge in [-0.1, -0.05) is 6.07 Å². The highest BCUT2D eigenvalue weighted by Crippen LogP contribution is 2.33. The maximum absolute atomic E-state index is 14.2. The van der Waals surface area contributed by atoms with Crippen LogP contribution in [0.3, 0.4) is 0 Å². The molecule has 0 saturated carbocycles. The zero-order chi connectivity index (χ0) is 18.8. The first kappa shape index (κ1) is 17.7. The van der Waals surface area contributed by atoms with E-state index in [9.17, 15) is 9.18 Å². The molecule has 0 spiro atoms. The average Bonchev–Trinajstić information content (AvgIpc) is 3.22. The van der Waals surface area contributed by atoms with Gasteiger partial charge in [-0.15, -0.1) is 11.3 Å². The van der Waals surface area contributed by atoms with Crippen LogP contribution in [0.25, 0.3) is 0 Å². The third-order valence-corrected chi connectivity index (χ3v) is 5.36. The Labute approximate surface area is 161 Å².